The van der Waals surface area contributed by atoms with Crippen LogP contribution in [0.4, 0.5) is 0 Å². The smallest absolute Gasteiger partial charge is 0.243 e. The van der Waals surface area contributed by atoms with Crippen LogP contribution in [-0.4, -0.2) is 23.4 Å². The number of nitrogens with zero attached hydrogens (tertiary/aromatic N) is 3. The van der Waals surface area contributed by atoms with Gasteiger partial charge in [0.15, 0.2) is 5.76 Å². The third-order valence-electron chi connectivity index (χ3n) is 2.10. The van der Waals surface area contributed by atoms with Crippen LogP contribution < -0.4 is 5.14 Å². The Hall–Kier alpha value is -1.67. The van der Waals surface area contributed by atoms with Gasteiger partial charge in [-0.15, -0.1) is 0 Å². The van der Waals surface area contributed by atoms with Gasteiger partial charge >= 0.3 is 0 Å². The van der Waals surface area contributed by atoms with E-state index in [0.29, 0.717) is 11.3 Å². The lowest BCUT2D eigenvalue weighted by Gasteiger charge is -1.96. The van der Waals surface area contributed by atoms with E-state index in [9.17, 15) is 8.42 Å². The number of aromatic nitrogens is 3. The molecule has 2 heterocycles. The highest BCUT2D eigenvalue weighted by atomic mass is 32.2. The Morgan fingerprint density at radius 1 is 1.50 bits per heavy atom. The molecule has 86 valence electrons. The molecule has 2 N–H and O–H groups in total. The predicted molar refractivity (Wildman–Crippen MR) is 54.8 cm³/mol. The van der Waals surface area contributed by atoms with Gasteiger partial charge in [-0.2, -0.15) is 5.10 Å². The number of aryl methyl sites for hydroxylation is 2. The van der Waals surface area contributed by atoms with Crippen LogP contribution in [0.5, 0.6) is 0 Å². The number of hydrogen-bond acceptors (Lipinski definition) is 5. The van der Waals surface area contributed by atoms with Crippen molar-refractivity contribution in [2.75, 3.05) is 0 Å². The fourth-order valence-electron chi connectivity index (χ4n) is 1.44. The average molecular weight is 242 g/mol. The summed E-state index contributed by atoms with van der Waals surface area (Å²) in [5.74, 6) is 0.119. The van der Waals surface area contributed by atoms with Crippen LogP contribution in [0.1, 0.15) is 5.69 Å². The van der Waals surface area contributed by atoms with Crippen LogP contribution >= 0.6 is 0 Å². The lowest BCUT2D eigenvalue weighted by molar-refractivity contribution is 0.430. The summed E-state index contributed by atoms with van der Waals surface area (Å²) >= 11 is 0. The number of hydrogen-bond donors (Lipinski definition) is 1. The van der Waals surface area contributed by atoms with Crippen LogP contribution in [0.3, 0.4) is 0 Å². The zero-order valence-corrected chi connectivity index (χ0v) is 9.52. The van der Waals surface area contributed by atoms with Gasteiger partial charge in [0, 0.05) is 13.2 Å². The summed E-state index contributed by atoms with van der Waals surface area (Å²) < 4.78 is 29.0. The molecule has 0 fully saturated rings. The van der Waals surface area contributed by atoms with Gasteiger partial charge in [-0.05, 0) is 6.92 Å². The molecule has 0 aliphatic carbocycles. The van der Waals surface area contributed by atoms with Crippen LogP contribution in [0.2, 0.25) is 0 Å². The zero-order chi connectivity index (χ0) is 11.9. The third-order valence-corrected chi connectivity index (χ3v) is 3.01. The molecule has 0 saturated heterocycles. The minimum atomic E-state index is -3.84. The highest BCUT2D eigenvalue weighted by Crippen LogP contribution is 2.28. The van der Waals surface area contributed by atoms with Crippen molar-refractivity contribution in [1.29, 1.82) is 0 Å². The molecule has 0 saturated carbocycles. The summed E-state index contributed by atoms with van der Waals surface area (Å²) in [6.45, 7) is 1.74. The number of rotatable bonds is 2. The van der Waals surface area contributed by atoms with Crippen LogP contribution in [0, 0.1) is 6.92 Å². The molecule has 16 heavy (non-hydrogen) atoms. The molecule has 0 radical (unpaired) electrons. The van der Waals surface area contributed by atoms with E-state index in [1.54, 1.807) is 24.9 Å². The van der Waals surface area contributed by atoms with Crippen molar-refractivity contribution < 1.29 is 12.9 Å². The first-order valence-electron chi connectivity index (χ1n) is 4.37. The van der Waals surface area contributed by atoms with E-state index in [2.05, 4.69) is 10.3 Å². The van der Waals surface area contributed by atoms with Crippen molar-refractivity contribution in [1.82, 2.24) is 14.9 Å². The van der Waals surface area contributed by atoms with E-state index in [0.717, 1.165) is 6.20 Å². The number of sulfonamides is 1. The fourth-order valence-corrected chi connectivity index (χ4v) is 2.03. The largest absolute Gasteiger partial charge is 0.355 e. The summed E-state index contributed by atoms with van der Waals surface area (Å²) in [5.41, 5.74) is 1.20. The van der Waals surface area contributed by atoms with Crippen molar-refractivity contribution >= 4 is 10.0 Å². The van der Waals surface area contributed by atoms with E-state index in [1.165, 1.54) is 0 Å². The molecule has 8 heteroatoms. The van der Waals surface area contributed by atoms with Crippen LogP contribution in [0.15, 0.2) is 21.8 Å². The molecule has 2 rings (SSSR count). The first kappa shape index (κ1) is 10.8. The quantitative estimate of drug-likeness (QED) is 0.800. The summed E-state index contributed by atoms with van der Waals surface area (Å²) in [6, 6.07) is 0. The molecule has 0 unspecified atom stereocenters. The monoisotopic (exact) mass is 242 g/mol. The number of nitrogens with two attached hydrogens (primary N) is 1. The van der Waals surface area contributed by atoms with Gasteiger partial charge in [0.05, 0.1) is 17.5 Å². The normalized spacial score (nSPS) is 11.9. The van der Waals surface area contributed by atoms with Crippen molar-refractivity contribution in [3.8, 4) is 11.3 Å². The van der Waals surface area contributed by atoms with Crippen molar-refractivity contribution in [2.24, 2.45) is 12.2 Å². The van der Waals surface area contributed by atoms with Gasteiger partial charge < -0.3 is 4.52 Å². The lowest BCUT2D eigenvalue weighted by Crippen LogP contribution is -2.12. The maximum absolute atomic E-state index is 11.3. The van der Waals surface area contributed by atoms with E-state index in [-0.39, 0.29) is 10.7 Å². The minimum absolute atomic E-state index is 0.119. The molecule has 0 atom stereocenters. The van der Waals surface area contributed by atoms with E-state index >= 15 is 0 Å². The first-order valence-corrected chi connectivity index (χ1v) is 5.92. The van der Waals surface area contributed by atoms with Gasteiger partial charge in [0.1, 0.15) is 4.90 Å². The maximum Gasteiger partial charge on any atom is 0.243 e. The molecular formula is C8H10N4O3S. The van der Waals surface area contributed by atoms with Gasteiger partial charge in [-0.3, -0.25) is 4.68 Å². The zero-order valence-electron chi connectivity index (χ0n) is 8.71. The van der Waals surface area contributed by atoms with Crippen molar-refractivity contribution in [3.05, 3.63) is 18.1 Å². The van der Waals surface area contributed by atoms with Gasteiger partial charge in [0.25, 0.3) is 0 Å². The molecule has 2 aromatic rings. The van der Waals surface area contributed by atoms with Gasteiger partial charge in [-0.1, -0.05) is 5.16 Å². The fraction of sp³-hybridized carbons (Fsp3) is 0.250. The average Bonchev–Trinajstić information content (AvgIpc) is 2.69. The summed E-state index contributed by atoms with van der Waals surface area (Å²) in [5, 5.41) is 12.6. The SMILES string of the molecule is Cc1nn(C)cc1-c1oncc1S(N)(=O)=O. The Balaban J connectivity index is 2.67. The molecule has 0 spiro atoms. The molecule has 0 aliphatic heterocycles. The second-order valence-corrected chi connectivity index (χ2v) is 4.90. The standard InChI is InChI=1S/C8H10N4O3S/c1-5-6(4-12(2)11-5)8-7(3-10-15-8)16(9,13)14/h3-4H,1-2H3,(H2,9,13,14). The maximum atomic E-state index is 11.3. The first-order chi connectivity index (χ1) is 7.39. The third kappa shape index (κ3) is 1.72. The van der Waals surface area contributed by atoms with Gasteiger partial charge in [-0.25, -0.2) is 13.6 Å². The van der Waals surface area contributed by atoms with Crippen molar-refractivity contribution in [2.45, 2.75) is 11.8 Å². The molecule has 0 aliphatic rings. The van der Waals surface area contributed by atoms with Crippen LogP contribution in [-0.2, 0) is 17.1 Å². The molecule has 0 bridgehead atoms. The van der Waals surface area contributed by atoms with Crippen molar-refractivity contribution in [3.63, 3.8) is 0 Å². The number of primary sulfonamides is 1. The summed E-state index contributed by atoms with van der Waals surface area (Å²) in [7, 11) is -2.11. The summed E-state index contributed by atoms with van der Waals surface area (Å²) in [4.78, 5) is -0.136. The van der Waals surface area contributed by atoms with Gasteiger partial charge in [0.2, 0.25) is 10.0 Å². The highest BCUT2D eigenvalue weighted by molar-refractivity contribution is 7.89. The minimum Gasteiger partial charge on any atom is -0.355 e. The lowest BCUT2D eigenvalue weighted by atomic mass is 10.2. The Kier molecular flexibility index (Phi) is 2.32. The molecule has 0 aromatic carbocycles. The van der Waals surface area contributed by atoms with E-state index in [4.69, 9.17) is 9.66 Å². The highest BCUT2D eigenvalue weighted by Gasteiger charge is 2.22. The van der Waals surface area contributed by atoms with E-state index in [1.807, 2.05) is 0 Å². The summed E-state index contributed by atoms with van der Waals surface area (Å²) in [6.07, 6.45) is 2.72. The second kappa shape index (κ2) is 3.42. The predicted octanol–water partition coefficient (Wildman–Crippen LogP) is 0.0309. The Bertz CT molecular complexity index is 626. The molecular weight excluding hydrogens is 232 g/mol. The molecule has 7 nitrogen and oxygen atoms in total. The second-order valence-electron chi connectivity index (χ2n) is 3.37. The van der Waals surface area contributed by atoms with E-state index < -0.39 is 10.0 Å². The Morgan fingerprint density at radius 2 is 2.19 bits per heavy atom. The van der Waals surface area contributed by atoms with Crippen LogP contribution in [0.25, 0.3) is 11.3 Å². The Labute approximate surface area is 91.9 Å². The topological polar surface area (TPSA) is 104 Å². The molecule has 2 aromatic heterocycles. The Morgan fingerprint density at radius 3 is 2.69 bits per heavy atom. The molecule has 0 amide bonds.